The molecule has 2 atom stereocenters. The van der Waals surface area contributed by atoms with E-state index in [9.17, 15) is 9.59 Å². The minimum atomic E-state index is -0.831. The fraction of sp³-hybridized carbons (Fsp3) is 0.615. The van der Waals surface area contributed by atoms with Gasteiger partial charge in [0.2, 0.25) is 0 Å². The van der Waals surface area contributed by atoms with E-state index in [0.717, 1.165) is 18.5 Å². The first-order valence-electron chi connectivity index (χ1n) is 6.45. The van der Waals surface area contributed by atoms with Gasteiger partial charge in [0.25, 0.3) is 5.91 Å². The van der Waals surface area contributed by atoms with E-state index >= 15 is 0 Å². The van der Waals surface area contributed by atoms with Crippen LogP contribution in [-0.4, -0.2) is 32.8 Å². The number of aromatic nitrogens is 2. The van der Waals surface area contributed by atoms with Crippen LogP contribution in [0.5, 0.6) is 0 Å². The van der Waals surface area contributed by atoms with Crippen LogP contribution in [0.1, 0.15) is 41.0 Å². The molecule has 1 aliphatic rings. The number of rotatable bonds is 3. The predicted molar refractivity (Wildman–Crippen MR) is 68.9 cm³/mol. The SMILES string of the molecule is Cc1nn(C)c(C)c1C(=O)NC1CCCC1C(=O)O. The molecule has 19 heavy (non-hydrogen) atoms. The Labute approximate surface area is 111 Å². The minimum Gasteiger partial charge on any atom is -0.481 e. The van der Waals surface area contributed by atoms with Crippen LogP contribution in [0.25, 0.3) is 0 Å². The van der Waals surface area contributed by atoms with Crippen LogP contribution in [0.2, 0.25) is 0 Å². The van der Waals surface area contributed by atoms with Crippen LogP contribution in [0.15, 0.2) is 0 Å². The second-order valence-electron chi connectivity index (χ2n) is 5.13. The molecule has 0 radical (unpaired) electrons. The molecule has 1 aromatic heterocycles. The molecule has 1 amide bonds. The number of carboxylic acids is 1. The number of hydrogen-bond acceptors (Lipinski definition) is 3. The average Bonchev–Trinajstić information content (AvgIpc) is 2.85. The molecule has 1 saturated carbocycles. The number of nitrogens with one attached hydrogen (secondary N) is 1. The van der Waals surface area contributed by atoms with Crippen molar-refractivity contribution in [1.82, 2.24) is 15.1 Å². The number of aliphatic carboxylic acids is 1. The van der Waals surface area contributed by atoms with Crippen molar-refractivity contribution in [3.8, 4) is 0 Å². The first-order chi connectivity index (χ1) is 8.91. The predicted octanol–water partition coefficient (Wildman–Crippen LogP) is 1.02. The molecule has 1 aromatic rings. The summed E-state index contributed by atoms with van der Waals surface area (Å²) < 4.78 is 1.66. The maximum Gasteiger partial charge on any atom is 0.308 e. The van der Waals surface area contributed by atoms with Crippen molar-refractivity contribution in [2.24, 2.45) is 13.0 Å². The Hall–Kier alpha value is -1.85. The molecular formula is C13H19N3O3. The van der Waals surface area contributed by atoms with Crippen molar-refractivity contribution in [3.05, 3.63) is 17.0 Å². The normalized spacial score (nSPS) is 22.5. The molecule has 0 saturated heterocycles. The standard InChI is InChI=1S/C13H19N3O3/c1-7-11(8(2)16(3)15-7)12(17)14-10-6-4-5-9(10)13(18)19/h9-10H,4-6H2,1-3H3,(H,14,17)(H,18,19). The summed E-state index contributed by atoms with van der Waals surface area (Å²) in [7, 11) is 1.79. The topological polar surface area (TPSA) is 84.2 Å². The molecule has 0 spiro atoms. The van der Waals surface area contributed by atoms with Gasteiger partial charge in [0, 0.05) is 18.8 Å². The highest BCUT2D eigenvalue weighted by molar-refractivity contribution is 5.96. The van der Waals surface area contributed by atoms with Crippen molar-refractivity contribution in [3.63, 3.8) is 0 Å². The molecule has 0 aromatic carbocycles. The van der Waals surface area contributed by atoms with Crippen molar-refractivity contribution in [2.45, 2.75) is 39.2 Å². The maximum atomic E-state index is 12.3. The van der Waals surface area contributed by atoms with Gasteiger partial charge in [-0.15, -0.1) is 0 Å². The third-order valence-corrected chi connectivity index (χ3v) is 3.89. The smallest absolute Gasteiger partial charge is 0.308 e. The van der Waals surface area contributed by atoms with Gasteiger partial charge in [-0.3, -0.25) is 14.3 Å². The number of carbonyl (C=O) groups is 2. The van der Waals surface area contributed by atoms with Gasteiger partial charge in [0.1, 0.15) is 0 Å². The molecule has 2 rings (SSSR count). The quantitative estimate of drug-likeness (QED) is 0.854. The summed E-state index contributed by atoms with van der Waals surface area (Å²) in [5.74, 6) is -1.52. The molecule has 1 heterocycles. The van der Waals surface area contributed by atoms with Gasteiger partial charge in [-0.1, -0.05) is 6.42 Å². The van der Waals surface area contributed by atoms with Gasteiger partial charge in [-0.25, -0.2) is 0 Å². The molecule has 2 unspecified atom stereocenters. The van der Waals surface area contributed by atoms with Gasteiger partial charge >= 0.3 is 5.97 Å². The van der Waals surface area contributed by atoms with E-state index < -0.39 is 11.9 Å². The molecule has 1 aliphatic carbocycles. The highest BCUT2D eigenvalue weighted by Crippen LogP contribution is 2.26. The van der Waals surface area contributed by atoms with Crippen molar-refractivity contribution in [1.29, 1.82) is 0 Å². The first-order valence-corrected chi connectivity index (χ1v) is 6.45. The first kappa shape index (κ1) is 13.6. The average molecular weight is 265 g/mol. The maximum absolute atomic E-state index is 12.3. The fourth-order valence-electron chi connectivity index (χ4n) is 2.77. The van der Waals surface area contributed by atoms with E-state index in [2.05, 4.69) is 10.4 Å². The summed E-state index contributed by atoms with van der Waals surface area (Å²) in [6.45, 7) is 3.61. The Bertz CT molecular complexity index is 521. The van der Waals surface area contributed by atoms with Crippen molar-refractivity contribution < 1.29 is 14.7 Å². The van der Waals surface area contributed by atoms with Gasteiger partial charge in [0.15, 0.2) is 0 Å². The van der Waals surface area contributed by atoms with Crippen LogP contribution in [0.3, 0.4) is 0 Å². The van der Waals surface area contributed by atoms with Gasteiger partial charge in [0.05, 0.1) is 17.2 Å². The van der Waals surface area contributed by atoms with Gasteiger partial charge < -0.3 is 10.4 Å². The fourth-order valence-corrected chi connectivity index (χ4v) is 2.77. The lowest BCUT2D eigenvalue weighted by atomic mass is 10.0. The molecule has 6 nitrogen and oxygen atoms in total. The number of carbonyl (C=O) groups excluding carboxylic acids is 1. The molecule has 0 aliphatic heterocycles. The minimum absolute atomic E-state index is 0.221. The summed E-state index contributed by atoms with van der Waals surface area (Å²) >= 11 is 0. The van der Waals surface area contributed by atoms with Gasteiger partial charge in [-0.2, -0.15) is 5.10 Å². The monoisotopic (exact) mass is 265 g/mol. The molecule has 6 heteroatoms. The zero-order valence-corrected chi connectivity index (χ0v) is 11.4. The summed E-state index contributed by atoms with van der Waals surface area (Å²) in [6.07, 6.45) is 2.19. The van der Waals surface area contributed by atoms with Crippen molar-refractivity contribution >= 4 is 11.9 Å². The summed E-state index contributed by atoms with van der Waals surface area (Å²) in [5.41, 5.74) is 2.01. The third-order valence-electron chi connectivity index (χ3n) is 3.89. The highest BCUT2D eigenvalue weighted by Gasteiger charge is 2.34. The number of aryl methyl sites for hydroxylation is 2. The summed E-state index contributed by atoms with van der Waals surface area (Å²) in [4.78, 5) is 23.4. The zero-order valence-electron chi connectivity index (χ0n) is 11.4. The lowest BCUT2D eigenvalue weighted by Gasteiger charge is -2.17. The number of hydrogen-bond donors (Lipinski definition) is 2. The van der Waals surface area contributed by atoms with Crippen LogP contribution < -0.4 is 5.32 Å². The lowest BCUT2D eigenvalue weighted by molar-refractivity contribution is -0.142. The Morgan fingerprint density at radius 3 is 2.58 bits per heavy atom. The molecule has 104 valence electrons. The van der Waals surface area contributed by atoms with E-state index in [0.29, 0.717) is 17.7 Å². The molecule has 2 N–H and O–H groups in total. The number of nitrogens with zero attached hydrogens (tertiary/aromatic N) is 2. The van der Waals surface area contributed by atoms with Crippen molar-refractivity contribution in [2.75, 3.05) is 0 Å². The highest BCUT2D eigenvalue weighted by atomic mass is 16.4. The second kappa shape index (κ2) is 5.03. The van der Waals surface area contributed by atoms with Crippen LogP contribution in [0, 0.1) is 19.8 Å². The van der Waals surface area contributed by atoms with Crippen LogP contribution in [0.4, 0.5) is 0 Å². The molecular weight excluding hydrogens is 246 g/mol. The van der Waals surface area contributed by atoms with E-state index in [4.69, 9.17) is 5.11 Å². The lowest BCUT2D eigenvalue weighted by Crippen LogP contribution is -2.40. The van der Waals surface area contributed by atoms with E-state index in [1.807, 2.05) is 6.92 Å². The van der Waals surface area contributed by atoms with Crippen LogP contribution in [-0.2, 0) is 11.8 Å². The Kier molecular flexibility index (Phi) is 3.59. The third kappa shape index (κ3) is 2.47. The van der Waals surface area contributed by atoms with Crippen LogP contribution >= 0.6 is 0 Å². The second-order valence-corrected chi connectivity index (χ2v) is 5.13. The zero-order chi connectivity index (χ0) is 14.2. The van der Waals surface area contributed by atoms with E-state index in [1.165, 1.54) is 0 Å². The number of amides is 1. The van der Waals surface area contributed by atoms with E-state index in [1.54, 1.807) is 18.7 Å². The molecule has 0 bridgehead atoms. The summed E-state index contributed by atoms with van der Waals surface area (Å²) in [6, 6.07) is -0.274. The Morgan fingerprint density at radius 1 is 1.37 bits per heavy atom. The number of carboxylic acid groups (broad SMARTS) is 1. The Morgan fingerprint density at radius 2 is 2.05 bits per heavy atom. The Balaban J connectivity index is 2.15. The van der Waals surface area contributed by atoms with Gasteiger partial charge in [-0.05, 0) is 26.7 Å². The molecule has 1 fully saturated rings. The largest absolute Gasteiger partial charge is 0.481 e. The van der Waals surface area contributed by atoms with E-state index in [-0.39, 0.29) is 11.9 Å². The summed E-state index contributed by atoms with van der Waals surface area (Å²) in [5, 5.41) is 16.2.